The molecular weight excluding hydrogens is 370 g/mol. The van der Waals surface area contributed by atoms with Crippen molar-refractivity contribution in [2.45, 2.75) is 19.4 Å². The third kappa shape index (κ3) is 5.01. The van der Waals surface area contributed by atoms with Crippen molar-refractivity contribution in [3.8, 4) is 0 Å². The van der Waals surface area contributed by atoms with Gasteiger partial charge in [0, 0.05) is 29.1 Å². The maximum atomic E-state index is 12.3. The van der Waals surface area contributed by atoms with E-state index in [9.17, 15) is 14.4 Å². The summed E-state index contributed by atoms with van der Waals surface area (Å²) in [5, 5.41) is 6.18. The summed E-state index contributed by atoms with van der Waals surface area (Å²) in [5.41, 5.74) is 3.34. The van der Waals surface area contributed by atoms with E-state index in [0.717, 1.165) is 22.0 Å². The molecule has 0 aliphatic carbocycles. The highest BCUT2D eigenvalue weighted by Crippen LogP contribution is 2.19. The molecule has 3 rings (SSSR count). The van der Waals surface area contributed by atoms with Gasteiger partial charge in [0.1, 0.15) is 6.04 Å². The number of ether oxygens (including phenoxy) is 1. The van der Waals surface area contributed by atoms with Crippen LogP contribution in [0.3, 0.4) is 0 Å². The zero-order valence-electron chi connectivity index (χ0n) is 16.3. The number of H-pyrrole nitrogens is 1. The number of hydrogen-bond donors (Lipinski definition) is 3. The fourth-order valence-corrected chi connectivity index (χ4v) is 3.07. The van der Waals surface area contributed by atoms with Gasteiger partial charge in [-0.15, -0.1) is 0 Å². The maximum absolute atomic E-state index is 12.3. The van der Waals surface area contributed by atoms with Crippen molar-refractivity contribution in [1.82, 2.24) is 15.6 Å². The summed E-state index contributed by atoms with van der Waals surface area (Å²) in [6, 6.07) is 13.9. The van der Waals surface area contributed by atoms with Crippen LogP contribution in [0.25, 0.3) is 10.9 Å². The summed E-state index contributed by atoms with van der Waals surface area (Å²) in [4.78, 5) is 39.8. The largest absolute Gasteiger partial charge is 0.467 e. The SMILES string of the molecule is COC(=O)[C@H](Cc1c[nH]c2ccccc12)NC(=O)CNC(=O)c1ccc(C)cc1. The molecule has 1 heterocycles. The number of methoxy groups -OCH3 is 1. The number of benzene rings is 2. The summed E-state index contributed by atoms with van der Waals surface area (Å²) in [6.45, 7) is 1.68. The minimum Gasteiger partial charge on any atom is -0.467 e. The Balaban J connectivity index is 1.62. The van der Waals surface area contributed by atoms with Crippen LogP contribution in [0.15, 0.2) is 54.7 Å². The number of carbonyl (C=O) groups excluding carboxylic acids is 3. The average Bonchev–Trinajstić information content (AvgIpc) is 3.14. The lowest BCUT2D eigenvalue weighted by Crippen LogP contribution is -2.47. The lowest BCUT2D eigenvalue weighted by molar-refractivity contribution is -0.144. The van der Waals surface area contributed by atoms with Gasteiger partial charge in [0.15, 0.2) is 0 Å². The second-order valence-electron chi connectivity index (χ2n) is 6.76. The Morgan fingerprint density at radius 3 is 2.52 bits per heavy atom. The molecule has 0 saturated heterocycles. The minimum absolute atomic E-state index is 0.242. The van der Waals surface area contributed by atoms with Crippen molar-refractivity contribution in [1.29, 1.82) is 0 Å². The van der Waals surface area contributed by atoms with Crippen molar-refractivity contribution in [3.63, 3.8) is 0 Å². The fraction of sp³-hybridized carbons (Fsp3) is 0.227. The fourth-order valence-electron chi connectivity index (χ4n) is 3.07. The Morgan fingerprint density at radius 2 is 1.79 bits per heavy atom. The molecule has 0 bridgehead atoms. The molecule has 0 aliphatic rings. The van der Waals surface area contributed by atoms with Crippen LogP contribution in [0, 0.1) is 6.92 Å². The van der Waals surface area contributed by atoms with Gasteiger partial charge < -0.3 is 20.4 Å². The van der Waals surface area contributed by atoms with Crippen LogP contribution in [-0.2, 0) is 20.7 Å². The third-order valence-corrected chi connectivity index (χ3v) is 4.64. The molecule has 3 N–H and O–H groups in total. The van der Waals surface area contributed by atoms with Crippen molar-refractivity contribution >= 4 is 28.7 Å². The summed E-state index contributed by atoms with van der Waals surface area (Å²) in [7, 11) is 1.27. The second-order valence-corrected chi connectivity index (χ2v) is 6.76. The minimum atomic E-state index is -0.858. The van der Waals surface area contributed by atoms with Gasteiger partial charge in [-0.25, -0.2) is 4.79 Å². The van der Waals surface area contributed by atoms with E-state index in [4.69, 9.17) is 4.74 Å². The first-order valence-corrected chi connectivity index (χ1v) is 9.25. The molecule has 1 atom stereocenters. The van der Waals surface area contributed by atoms with Crippen LogP contribution < -0.4 is 10.6 Å². The molecular formula is C22H23N3O4. The van der Waals surface area contributed by atoms with Crippen LogP contribution >= 0.6 is 0 Å². The summed E-state index contributed by atoms with van der Waals surface area (Å²) >= 11 is 0. The highest BCUT2D eigenvalue weighted by Gasteiger charge is 2.23. The Kier molecular flexibility index (Phi) is 6.29. The second kappa shape index (κ2) is 9.05. The monoisotopic (exact) mass is 393 g/mol. The molecule has 7 heteroatoms. The first-order chi connectivity index (χ1) is 14.0. The number of aromatic amines is 1. The van der Waals surface area contributed by atoms with Gasteiger partial charge in [0.2, 0.25) is 5.91 Å². The van der Waals surface area contributed by atoms with Crippen molar-refractivity contribution < 1.29 is 19.1 Å². The number of rotatable bonds is 7. The number of aryl methyl sites for hydroxylation is 1. The number of aromatic nitrogens is 1. The van der Waals surface area contributed by atoms with E-state index in [2.05, 4.69) is 15.6 Å². The van der Waals surface area contributed by atoms with Crippen LogP contribution in [0.2, 0.25) is 0 Å². The molecule has 2 aromatic carbocycles. The zero-order valence-corrected chi connectivity index (χ0v) is 16.3. The number of hydrogen-bond acceptors (Lipinski definition) is 4. The molecule has 29 heavy (non-hydrogen) atoms. The number of amides is 2. The molecule has 0 radical (unpaired) electrons. The highest BCUT2D eigenvalue weighted by atomic mass is 16.5. The number of carbonyl (C=O) groups is 3. The molecule has 2 amide bonds. The smallest absolute Gasteiger partial charge is 0.328 e. The van der Waals surface area contributed by atoms with Crippen molar-refractivity contribution in [2.75, 3.05) is 13.7 Å². The van der Waals surface area contributed by atoms with E-state index in [1.165, 1.54) is 7.11 Å². The van der Waals surface area contributed by atoms with Gasteiger partial charge in [-0.2, -0.15) is 0 Å². The maximum Gasteiger partial charge on any atom is 0.328 e. The molecule has 150 valence electrons. The van der Waals surface area contributed by atoms with E-state index >= 15 is 0 Å². The van der Waals surface area contributed by atoms with E-state index in [-0.39, 0.29) is 18.9 Å². The highest BCUT2D eigenvalue weighted by molar-refractivity contribution is 5.97. The first-order valence-electron chi connectivity index (χ1n) is 9.25. The van der Waals surface area contributed by atoms with Gasteiger partial charge in [-0.3, -0.25) is 9.59 Å². The number of fused-ring (bicyclic) bond motifs is 1. The molecule has 1 aromatic heterocycles. The molecule has 0 unspecified atom stereocenters. The van der Waals surface area contributed by atoms with Crippen molar-refractivity contribution in [3.05, 3.63) is 71.4 Å². The topological polar surface area (TPSA) is 100 Å². The van der Waals surface area contributed by atoms with Gasteiger partial charge in [0.25, 0.3) is 5.91 Å². The van der Waals surface area contributed by atoms with Crippen molar-refractivity contribution in [2.24, 2.45) is 0 Å². The van der Waals surface area contributed by atoms with Crippen LogP contribution in [0.5, 0.6) is 0 Å². The molecule has 3 aromatic rings. The lowest BCUT2D eigenvalue weighted by Gasteiger charge is -2.16. The summed E-state index contributed by atoms with van der Waals surface area (Å²) < 4.78 is 4.83. The molecule has 0 saturated carbocycles. The predicted molar refractivity (Wildman–Crippen MR) is 109 cm³/mol. The van der Waals surface area contributed by atoms with Gasteiger partial charge in [-0.05, 0) is 30.7 Å². The molecule has 0 spiro atoms. The normalized spacial score (nSPS) is 11.7. The zero-order chi connectivity index (χ0) is 20.8. The van der Waals surface area contributed by atoms with Crippen LogP contribution in [0.4, 0.5) is 0 Å². The molecule has 0 fully saturated rings. The molecule has 7 nitrogen and oxygen atoms in total. The van der Waals surface area contributed by atoms with E-state index in [1.54, 1.807) is 12.1 Å². The average molecular weight is 393 g/mol. The lowest BCUT2D eigenvalue weighted by atomic mass is 10.0. The molecule has 0 aliphatic heterocycles. The standard InChI is InChI=1S/C22H23N3O4/c1-14-7-9-15(10-8-14)21(27)24-13-20(26)25-19(22(28)29-2)11-16-12-23-18-6-4-3-5-17(16)18/h3-10,12,19,23H,11,13H2,1-2H3,(H,24,27)(H,25,26)/t19-/m0/s1. The number of para-hydroxylation sites is 1. The van der Waals surface area contributed by atoms with Crippen LogP contribution in [0.1, 0.15) is 21.5 Å². The summed E-state index contributed by atoms with van der Waals surface area (Å²) in [5.74, 6) is -1.37. The third-order valence-electron chi connectivity index (χ3n) is 4.64. The Labute approximate surface area is 168 Å². The Morgan fingerprint density at radius 1 is 1.07 bits per heavy atom. The van der Waals surface area contributed by atoms with Gasteiger partial charge >= 0.3 is 5.97 Å². The quantitative estimate of drug-likeness (QED) is 0.535. The van der Waals surface area contributed by atoms with Gasteiger partial charge in [-0.1, -0.05) is 35.9 Å². The van der Waals surface area contributed by atoms with E-state index in [0.29, 0.717) is 5.56 Å². The Hall–Kier alpha value is -3.61. The van der Waals surface area contributed by atoms with Crippen LogP contribution in [-0.4, -0.2) is 42.5 Å². The summed E-state index contributed by atoms with van der Waals surface area (Å²) in [6.07, 6.45) is 2.08. The predicted octanol–water partition coefficient (Wildman–Crippen LogP) is 2.11. The Bertz CT molecular complexity index is 1020. The van der Waals surface area contributed by atoms with E-state index < -0.39 is 17.9 Å². The van der Waals surface area contributed by atoms with E-state index in [1.807, 2.05) is 49.5 Å². The first kappa shape index (κ1) is 20.1. The number of nitrogens with one attached hydrogen (secondary N) is 3. The number of esters is 1. The van der Waals surface area contributed by atoms with Gasteiger partial charge in [0.05, 0.1) is 13.7 Å².